The van der Waals surface area contributed by atoms with E-state index in [1.165, 1.54) is 24.1 Å². The lowest BCUT2D eigenvalue weighted by Gasteiger charge is -2.70. The van der Waals surface area contributed by atoms with Crippen molar-refractivity contribution in [3.8, 4) is 5.88 Å². The summed E-state index contributed by atoms with van der Waals surface area (Å²) in [5, 5.41) is 0. The summed E-state index contributed by atoms with van der Waals surface area (Å²) < 4.78 is 12.2. The molecule has 2 aromatic rings. The largest absolute Gasteiger partial charge is 0.481 e. The summed E-state index contributed by atoms with van der Waals surface area (Å²) in [4.78, 5) is 24.2. The van der Waals surface area contributed by atoms with Gasteiger partial charge in [0.2, 0.25) is 5.88 Å². The summed E-state index contributed by atoms with van der Waals surface area (Å²) in [5.41, 5.74) is 4.85. The third-order valence-electron chi connectivity index (χ3n) is 15.2. The molecule has 0 unspecified atom stereocenters. The van der Waals surface area contributed by atoms with Gasteiger partial charge in [-0.05, 0) is 110 Å². The zero-order chi connectivity index (χ0) is 32.9. The van der Waals surface area contributed by atoms with E-state index < -0.39 is 5.41 Å². The molecule has 1 heterocycles. The maximum Gasteiger partial charge on any atom is 0.313 e. The number of hydrogen-bond acceptors (Lipinski definition) is 5. The van der Waals surface area contributed by atoms with Gasteiger partial charge in [0.25, 0.3) is 0 Å². The maximum atomic E-state index is 14.4. The predicted molar refractivity (Wildman–Crippen MR) is 182 cm³/mol. The summed E-state index contributed by atoms with van der Waals surface area (Å²) >= 11 is 0. The molecule has 0 bridgehead atoms. The van der Waals surface area contributed by atoms with Crippen LogP contribution in [-0.2, 0) is 28.0 Å². The lowest BCUT2D eigenvalue weighted by Crippen LogP contribution is -2.65. The molecule has 0 N–H and O–H groups in total. The SMILES string of the molecule is COc1nc(C)nc2c1C[C@]1(C)[C@H]3CC=C4[C@@H]5[C@@H](C)[C@H](C)CC[C@]5(C(=O)OCc5ccccc5)CC[C@@]4(C)[C@]3(C)CC[C@H]1C2(C)C. The number of ether oxygens (including phenoxy) is 2. The van der Waals surface area contributed by atoms with E-state index in [9.17, 15) is 4.79 Å². The molecule has 7 rings (SSSR count). The minimum Gasteiger partial charge on any atom is -0.481 e. The van der Waals surface area contributed by atoms with Crippen molar-refractivity contribution in [2.75, 3.05) is 7.11 Å². The van der Waals surface area contributed by atoms with E-state index in [0.717, 1.165) is 55.8 Å². The Morgan fingerprint density at radius 2 is 1.67 bits per heavy atom. The second-order valence-electron chi connectivity index (χ2n) is 17.4. The molecular weight excluding hydrogens is 568 g/mol. The topological polar surface area (TPSA) is 61.3 Å². The highest BCUT2D eigenvalue weighted by Crippen LogP contribution is 2.75. The Bertz CT molecular complexity index is 1560. The number of aromatic nitrogens is 2. The first-order valence-corrected chi connectivity index (χ1v) is 18.1. The highest BCUT2D eigenvalue weighted by Gasteiger charge is 2.69. The lowest BCUT2D eigenvalue weighted by atomic mass is 9.33. The Hall–Kier alpha value is -2.69. The van der Waals surface area contributed by atoms with Crippen LogP contribution in [0.1, 0.15) is 116 Å². The minimum atomic E-state index is -0.426. The molecule has 5 aliphatic rings. The number of allylic oxidation sites excluding steroid dienone is 2. The number of esters is 1. The number of rotatable bonds is 4. The van der Waals surface area contributed by atoms with Crippen LogP contribution >= 0.6 is 0 Å². The molecule has 0 amide bonds. The summed E-state index contributed by atoms with van der Waals surface area (Å²) in [6, 6.07) is 10.2. The predicted octanol–water partition coefficient (Wildman–Crippen LogP) is 9.21. The first-order chi connectivity index (χ1) is 21.7. The summed E-state index contributed by atoms with van der Waals surface area (Å²) in [6.07, 6.45) is 11.1. The van der Waals surface area contributed by atoms with E-state index in [1.807, 2.05) is 25.1 Å². The molecule has 248 valence electrons. The third-order valence-corrected chi connectivity index (χ3v) is 15.2. The van der Waals surface area contributed by atoms with E-state index in [1.54, 1.807) is 12.7 Å². The Morgan fingerprint density at radius 3 is 2.39 bits per heavy atom. The molecular formula is C41H56N2O3. The smallest absolute Gasteiger partial charge is 0.313 e. The summed E-state index contributed by atoms with van der Waals surface area (Å²) in [5.74, 6) is 3.94. The molecule has 46 heavy (non-hydrogen) atoms. The zero-order valence-electron chi connectivity index (χ0n) is 29.8. The van der Waals surface area contributed by atoms with Gasteiger partial charge in [0.1, 0.15) is 12.4 Å². The molecule has 5 nitrogen and oxygen atoms in total. The summed E-state index contributed by atoms with van der Waals surface area (Å²) in [6.45, 7) is 19.9. The molecule has 1 aromatic carbocycles. The maximum absolute atomic E-state index is 14.4. The van der Waals surface area contributed by atoms with Gasteiger partial charge in [-0.1, -0.05) is 90.4 Å². The second kappa shape index (κ2) is 10.7. The van der Waals surface area contributed by atoms with Crippen LogP contribution in [0.3, 0.4) is 0 Å². The van der Waals surface area contributed by atoms with E-state index in [2.05, 4.69) is 66.7 Å². The van der Waals surface area contributed by atoms with E-state index in [4.69, 9.17) is 19.4 Å². The fraction of sp³-hybridized carbons (Fsp3) is 0.683. The Balaban J connectivity index is 1.29. The average molecular weight is 625 g/mol. The van der Waals surface area contributed by atoms with Crippen molar-refractivity contribution in [1.82, 2.24) is 9.97 Å². The summed E-state index contributed by atoms with van der Waals surface area (Å²) in [7, 11) is 1.76. The molecule has 5 aliphatic carbocycles. The molecule has 3 saturated carbocycles. The monoisotopic (exact) mass is 624 g/mol. The lowest BCUT2D eigenvalue weighted by molar-refractivity contribution is -0.184. The number of methoxy groups -OCH3 is 1. The Morgan fingerprint density at radius 1 is 0.935 bits per heavy atom. The average Bonchev–Trinajstić information content (AvgIpc) is 3.02. The molecule has 0 aliphatic heterocycles. The molecule has 1 aromatic heterocycles. The van der Waals surface area contributed by atoms with Crippen molar-refractivity contribution >= 4 is 5.97 Å². The number of nitrogens with zero attached hydrogens (tertiary/aromatic N) is 2. The van der Waals surface area contributed by atoms with Gasteiger partial charge in [-0.2, -0.15) is 4.98 Å². The van der Waals surface area contributed by atoms with Crippen LogP contribution in [-0.4, -0.2) is 23.0 Å². The molecule has 0 spiro atoms. The van der Waals surface area contributed by atoms with E-state index in [0.29, 0.717) is 30.3 Å². The van der Waals surface area contributed by atoms with Crippen LogP contribution in [0, 0.1) is 58.2 Å². The van der Waals surface area contributed by atoms with Gasteiger partial charge in [-0.25, -0.2) is 4.98 Å². The van der Waals surface area contributed by atoms with Gasteiger partial charge in [-0.3, -0.25) is 4.79 Å². The number of hydrogen-bond donors (Lipinski definition) is 0. The standard InChI is InChI=1S/C41H56N2O3/c1-25-17-20-41(36(44)46-24-28-13-11-10-12-14-28)22-21-39(7)30(33(41)26(25)2)15-16-32-38(6)23-29-34(42-27(3)43-35(29)45-9)37(4,5)31(38)18-19-40(32,39)8/h10-15,25-26,31-33H,16-24H2,1-9H3/t25-,26+,31+,32-,33+,38+,39-,40-,41+/m1/s1. The number of carbonyl (C=O) groups is 1. The number of fused-ring (bicyclic) bond motifs is 8. The fourth-order valence-electron chi connectivity index (χ4n) is 12.5. The second-order valence-corrected chi connectivity index (χ2v) is 17.4. The van der Waals surface area contributed by atoms with Crippen molar-refractivity contribution in [2.24, 2.45) is 51.2 Å². The van der Waals surface area contributed by atoms with Gasteiger partial charge < -0.3 is 9.47 Å². The quantitative estimate of drug-likeness (QED) is 0.251. The highest BCUT2D eigenvalue weighted by molar-refractivity contribution is 5.79. The van der Waals surface area contributed by atoms with Gasteiger partial charge in [-0.15, -0.1) is 0 Å². The van der Waals surface area contributed by atoms with Gasteiger partial charge in [0, 0.05) is 11.0 Å². The van der Waals surface area contributed by atoms with Crippen molar-refractivity contribution in [3.63, 3.8) is 0 Å². The van der Waals surface area contributed by atoms with Crippen LogP contribution in [0.2, 0.25) is 0 Å². The molecule has 3 fully saturated rings. The van der Waals surface area contributed by atoms with E-state index in [-0.39, 0.29) is 33.5 Å². The first-order valence-electron chi connectivity index (χ1n) is 18.1. The van der Waals surface area contributed by atoms with Gasteiger partial charge in [0.15, 0.2) is 0 Å². The van der Waals surface area contributed by atoms with Crippen LogP contribution in [0.5, 0.6) is 5.88 Å². The van der Waals surface area contributed by atoms with Crippen molar-refractivity contribution in [3.05, 3.63) is 64.6 Å². The van der Waals surface area contributed by atoms with Crippen molar-refractivity contribution in [2.45, 2.75) is 119 Å². The Kier molecular flexibility index (Phi) is 7.39. The molecule has 0 saturated heterocycles. The number of aryl methyl sites for hydroxylation is 1. The van der Waals surface area contributed by atoms with Crippen LogP contribution < -0.4 is 4.74 Å². The molecule has 0 radical (unpaired) electrons. The Labute approximate surface area is 277 Å². The highest BCUT2D eigenvalue weighted by atomic mass is 16.5. The zero-order valence-corrected chi connectivity index (χ0v) is 29.8. The molecule has 9 atom stereocenters. The van der Waals surface area contributed by atoms with E-state index >= 15 is 0 Å². The normalized spacial score (nSPS) is 40.6. The van der Waals surface area contributed by atoms with Crippen molar-refractivity contribution in [1.29, 1.82) is 0 Å². The van der Waals surface area contributed by atoms with Crippen LogP contribution in [0.4, 0.5) is 0 Å². The van der Waals surface area contributed by atoms with Crippen LogP contribution in [0.25, 0.3) is 0 Å². The number of benzene rings is 1. The number of carbonyl (C=O) groups excluding carboxylic acids is 1. The van der Waals surface area contributed by atoms with Gasteiger partial charge in [0.05, 0.1) is 18.2 Å². The van der Waals surface area contributed by atoms with Crippen molar-refractivity contribution < 1.29 is 14.3 Å². The third kappa shape index (κ3) is 4.21. The minimum absolute atomic E-state index is 0.0408. The fourth-order valence-corrected chi connectivity index (χ4v) is 12.5. The van der Waals surface area contributed by atoms with Gasteiger partial charge >= 0.3 is 5.97 Å². The van der Waals surface area contributed by atoms with Crippen LogP contribution in [0.15, 0.2) is 42.0 Å². The first kappa shape index (κ1) is 31.9. The molecule has 5 heteroatoms.